The maximum Gasteiger partial charge on any atom is 0.123 e. The lowest BCUT2D eigenvalue weighted by atomic mass is 10.1. The van der Waals surface area contributed by atoms with E-state index in [2.05, 4.69) is 0 Å². The van der Waals surface area contributed by atoms with E-state index < -0.39 is 6.10 Å². The molecule has 1 unspecified atom stereocenters. The van der Waals surface area contributed by atoms with Crippen LogP contribution >= 0.6 is 11.8 Å². The highest BCUT2D eigenvalue weighted by Crippen LogP contribution is 2.29. The van der Waals surface area contributed by atoms with E-state index >= 15 is 0 Å². The van der Waals surface area contributed by atoms with Crippen LogP contribution in [0.4, 0.5) is 4.39 Å². The summed E-state index contributed by atoms with van der Waals surface area (Å²) in [6, 6.07) is 4.42. The second kappa shape index (κ2) is 6.23. The van der Waals surface area contributed by atoms with E-state index in [1.54, 1.807) is 13.0 Å². The second-order valence-corrected chi connectivity index (χ2v) is 5.02. The normalized spacial score (nSPS) is 14.8. The Hall–Kier alpha value is -0.580. The monoisotopic (exact) mass is 244 g/mol. The molecule has 0 radical (unpaired) electrons. The molecule has 0 fully saturated rings. The van der Waals surface area contributed by atoms with Crippen molar-refractivity contribution in [1.82, 2.24) is 0 Å². The van der Waals surface area contributed by atoms with Gasteiger partial charge in [0.1, 0.15) is 5.82 Å². The Balaban J connectivity index is 2.78. The minimum atomic E-state index is -0.678. The van der Waals surface area contributed by atoms with Crippen molar-refractivity contribution in [3.05, 3.63) is 29.6 Å². The Kier molecular flexibility index (Phi) is 5.25. The molecule has 1 aromatic rings. The summed E-state index contributed by atoms with van der Waals surface area (Å²) in [5.74, 6) is 0.606. The van der Waals surface area contributed by atoms with E-state index in [4.69, 9.17) is 5.11 Å². The third-order valence-corrected chi connectivity index (χ3v) is 3.68. The quantitative estimate of drug-likeness (QED) is 0.782. The third kappa shape index (κ3) is 3.77. The Labute approximate surface area is 99.5 Å². The van der Waals surface area contributed by atoms with Crippen molar-refractivity contribution < 1.29 is 14.6 Å². The Morgan fingerprint density at radius 3 is 2.62 bits per heavy atom. The molecule has 16 heavy (non-hydrogen) atoms. The van der Waals surface area contributed by atoms with Crippen molar-refractivity contribution in [2.24, 2.45) is 5.92 Å². The summed E-state index contributed by atoms with van der Waals surface area (Å²) in [4.78, 5) is 0.872. The van der Waals surface area contributed by atoms with Gasteiger partial charge < -0.3 is 10.2 Å². The van der Waals surface area contributed by atoms with Crippen LogP contribution in [0.5, 0.6) is 0 Å². The minimum Gasteiger partial charge on any atom is -0.396 e. The fraction of sp³-hybridized carbons (Fsp3) is 0.500. The van der Waals surface area contributed by atoms with Crippen LogP contribution in [-0.4, -0.2) is 22.6 Å². The van der Waals surface area contributed by atoms with Gasteiger partial charge in [-0.1, -0.05) is 6.92 Å². The fourth-order valence-electron chi connectivity index (χ4n) is 1.26. The Bertz CT molecular complexity index is 342. The first-order chi connectivity index (χ1) is 7.54. The summed E-state index contributed by atoms with van der Waals surface area (Å²) in [6.07, 6.45) is -0.678. The smallest absolute Gasteiger partial charge is 0.123 e. The molecule has 2 N–H and O–H groups in total. The molecular formula is C12H17FO2S. The lowest BCUT2D eigenvalue weighted by molar-refractivity contribution is 0.196. The van der Waals surface area contributed by atoms with Crippen molar-refractivity contribution in [3.8, 4) is 0 Å². The van der Waals surface area contributed by atoms with Crippen LogP contribution in [0, 0.1) is 11.7 Å². The molecule has 0 heterocycles. The second-order valence-electron chi connectivity index (χ2n) is 3.96. The summed E-state index contributed by atoms with van der Waals surface area (Å²) in [7, 11) is 0. The zero-order chi connectivity index (χ0) is 12.1. The van der Waals surface area contributed by atoms with Gasteiger partial charge in [0.05, 0.1) is 6.10 Å². The van der Waals surface area contributed by atoms with E-state index in [0.29, 0.717) is 5.56 Å². The maximum absolute atomic E-state index is 13.0. The van der Waals surface area contributed by atoms with Crippen LogP contribution < -0.4 is 0 Å². The van der Waals surface area contributed by atoms with Gasteiger partial charge in [0.2, 0.25) is 0 Å². The zero-order valence-electron chi connectivity index (χ0n) is 9.48. The molecule has 2 atom stereocenters. The molecule has 0 spiro atoms. The van der Waals surface area contributed by atoms with Gasteiger partial charge in [-0.3, -0.25) is 0 Å². The number of benzene rings is 1. The molecule has 2 nitrogen and oxygen atoms in total. The van der Waals surface area contributed by atoms with E-state index in [9.17, 15) is 9.50 Å². The molecule has 90 valence electrons. The molecule has 1 aromatic carbocycles. The van der Waals surface area contributed by atoms with Gasteiger partial charge in [0.15, 0.2) is 0 Å². The first-order valence-corrected chi connectivity index (χ1v) is 6.24. The summed E-state index contributed by atoms with van der Waals surface area (Å²) in [5.41, 5.74) is 0.607. The van der Waals surface area contributed by atoms with E-state index in [1.807, 2.05) is 6.92 Å². The summed E-state index contributed by atoms with van der Waals surface area (Å²) >= 11 is 1.53. The lowest BCUT2D eigenvalue weighted by Gasteiger charge is -2.13. The number of rotatable bonds is 5. The molecule has 0 saturated carbocycles. The highest BCUT2D eigenvalue weighted by Gasteiger charge is 2.11. The zero-order valence-corrected chi connectivity index (χ0v) is 10.3. The van der Waals surface area contributed by atoms with Crippen LogP contribution in [-0.2, 0) is 0 Å². The number of hydrogen-bond acceptors (Lipinski definition) is 3. The molecular weight excluding hydrogens is 227 g/mol. The standard InChI is InChI=1S/C12H17FO2S/c1-8(6-14)7-16-12-4-3-10(13)5-11(12)9(2)15/h3-5,8-9,14-15H,6-7H2,1-2H3/t8?,9-/m0/s1. The average molecular weight is 244 g/mol. The summed E-state index contributed by atoms with van der Waals surface area (Å²) in [6.45, 7) is 3.70. The number of halogens is 1. The average Bonchev–Trinajstić information content (AvgIpc) is 2.26. The molecule has 0 amide bonds. The van der Waals surface area contributed by atoms with E-state index in [-0.39, 0.29) is 18.3 Å². The Morgan fingerprint density at radius 1 is 1.38 bits per heavy atom. The first kappa shape index (κ1) is 13.5. The minimum absolute atomic E-state index is 0.137. The van der Waals surface area contributed by atoms with Crippen molar-refractivity contribution in [2.75, 3.05) is 12.4 Å². The largest absolute Gasteiger partial charge is 0.396 e. The summed E-state index contributed by atoms with van der Waals surface area (Å²) in [5, 5.41) is 18.4. The number of aliphatic hydroxyl groups excluding tert-OH is 2. The third-order valence-electron chi connectivity index (χ3n) is 2.26. The number of thioether (sulfide) groups is 1. The fourth-order valence-corrected chi connectivity index (χ4v) is 2.39. The van der Waals surface area contributed by atoms with Crippen molar-refractivity contribution >= 4 is 11.8 Å². The van der Waals surface area contributed by atoms with Gasteiger partial charge >= 0.3 is 0 Å². The van der Waals surface area contributed by atoms with Crippen LogP contribution in [0.1, 0.15) is 25.5 Å². The maximum atomic E-state index is 13.0. The molecule has 1 rings (SSSR count). The molecule has 0 aliphatic rings. The molecule has 0 saturated heterocycles. The molecule has 0 aliphatic heterocycles. The van der Waals surface area contributed by atoms with Gasteiger partial charge in [-0.2, -0.15) is 0 Å². The Morgan fingerprint density at radius 2 is 2.06 bits per heavy atom. The highest BCUT2D eigenvalue weighted by atomic mass is 32.2. The molecule has 4 heteroatoms. The van der Waals surface area contributed by atoms with Gasteiger partial charge in [-0.15, -0.1) is 11.8 Å². The van der Waals surface area contributed by atoms with Crippen LogP contribution in [0.3, 0.4) is 0 Å². The van der Waals surface area contributed by atoms with Crippen LogP contribution in [0.15, 0.2) is 23.1 Å². The highest BCUT2D eigenvalue weighted by molar-refractivity contribution is 7.99. The van der Waals surface area contributed by atoms with Crippen LogP contribution in [0.25, 0.3) is 0 Å². The topological polar surface area (TPSA) is 40.5 Å². The van der Waals surface area contributed by atoms with Crippen molar-refractivity contribution in [1.29, 1.82) is 0 Å². The van der Waals surface area contributed by atoms with Gasteiger partial charge in [-0.25, -0.2) is 4.39 Å². The van der Waals surface area contributed by atoms with E-state index in [1.165, 1.54) is 23.9 Å². The summed E-state index contributed by atoms with van der Waals surface area (Å²) < 4.78 is 13.0. The number of aliphatic hydroxyl groups is 2. The molecule has 0 aromatic heterocycles. The SMILES string of the molecule is CC(CO)CSc1ccc(F)cc1[C@H](C)O. The predicted octanol–water partition coefficient (Wildman–Crippen LogP) is 2.60. The van der Waals surface area contributed by atoms with Crippen molar-refractivity contribution in [2.45, 2.75) is 24.8 Å². The first-order valence-electron chi connectivity index (χ1n) is 5.25. The number of hydrogen-bond donors (Lipinski definition) is 2. The molecule has 0 aliphatic carbocycles. The van der Waals surface area contributed by atoms with Crippen LogP contribution in [0.2, 0.25) is 0 Å². The lowest BCUT2D eigenvalue weighted by Crippen LogP contribution is -2.04. The van der Waals surface area contributed by atoms with Gasteiger partial charge in [0, 0.05) is 17.3 Å². The van der Waals surface area contributed by atoms with Gasteiger partial charge in [0.25, 0.3) is 0 Å². The molecule has 0 bridgehead atoms. The van der Waals surface area contributed by atoms with Crippen molar-refractivity contribution in [3.63, 3.8) is 0 Å². The van der Waals surface area contributed by atoms with Gasteiger partial charge in [-0.05, 0) is 36.6 Å². The predicted molar refractivity (Wildman–Crippen MR) is 64.0 cm³/mol. The van der Waals surface area contributed by atoms with E-state index in [0.717, 1.165) is 10.6 Å².